The summed E-state index contributed by atoms with van der Waals surface area (Å²) in [5.74, 6) is -0.927. The largest absolute Gasteiger partial charge is 0.468 e. The van der Waals surface area contributed by atoms with Crippen molar-refractivity contribution in [3.63, 3.8) is 0 Å². The quantitative estimate of drug-likeness (QED) is 0.559. The monoisotopic (exact) mass is 260 g/mol. The molecule has 0 heterocycles. The number of esters is 2. The Bertz CT molecular complexity index is 510. The van der Waals surface area contributed by atoms with Crippen molar-refractivity contribution in [3.05, 3.63) is 36.5 Å². The van der Waals surface area contributed by atoms with Gasteiger partial charge in [0.05, 0.1) is 14.2 Å². The number of methoxy groups -OCH3 is 2. The predicted molar refractivity (Wildman–Crippen MR) is 67.9 cm³/mol. The van der Waals surface area contributed by atoms with Crippen LogP contribution in [0.5, 0.6) is 0 Å². The number of rotatable bonds is 2. The van der Waals surface area contributed by atoms with Gasteiger partial charge in [-0.2, -0.15) is 0 Å². The third kappa shape index (κ3) is 0.895. The lowest BCUT2D eigenvalue weighted by Gasteiger charge is -2.58. The smallest absolute Gasteiger partial charge is 0.318 e. The molecule has 0 aromatic heterocycles. The van der Waals surface area contributed by atoms with Gasteiger partial charge < -0.3 is 9.47 Å². The Morgan fingerprint density at radius 2 is 1.42 bits per heavy atom. The first-order valence-electron chi connectivity index (χ1n) is 6.23. The maximum Gasteiger partial charge on any atom is 0.318 e. The van der Waals surface area contributed by atoms with E-state index in [2.05, 4.69) is 13.2 Å². The number of allylic oxidation sites excluding steroid dienone is 2. The highest BCUT2D eigenvalue weighted by Gasteiger charge is 2.83. The van der Waals surface area contributed by atoms with E-state index in [9.17, 15) is 9.59 Å². The molecule has 0 aromatic rings. The van der Waals surface area contributed by atoms with E-state index in [0.29, 0.717) is 11.1 Å². The summed E-state index contributed by atoms with van der Waals surface area (Å²) in [6.45, 7) is 7.93. The molecule has 0 saturated heterocycles. The number of hydrogen-bond donors (Lipinski definition) is 0. The fourth-order valence-electron chi connectivity index (χ4n) is 4.46. The molecular weight excluding hydrogens is 244 g/mol. The molecule has 3 rings (SSSR count). The van der Waals surface area contributed by atoms with Crippen LogP contribution in [-0.2, 0) is 19.1 Å². The zero-order valence-electron chi connectivity index (χ0n) is 11.1. The summed E-state index contributed by atoms with van der Waals surface area (Å²) in [7, 11) is 2.67. The molecule has 100 valence electrons. The van der Waals surface area contributed by atoms with E-state index in [1.807, 2.05) is 12.2 Å². The van der Waals surface area contributed by atoms with Gasteiger partial charge in [0, 0.05) is 0 Å². The fraction of sp³-hybridized carbons (Fsp3) is 0.467. The second-order valence-electron chi connectivity index (χ2n) is 5.39. The molecule has 4 heteroatoms. The maximum absolute atomic E-state index is 12.4. The summed E-state index contributed by atoms with van der Waals surface area (Å²) in [6.07, 6.45) is 4.71. The second-order valence-corrected chi connectivity index (χ2v) is 5.39. The lowest BCUT2D eigenvalue weighted by Crippen LogP contribution is -2.65. The first-order valence-corrected chi connectivity index (χ1v) is 6.23. The van der Waals surface area contributed by atoms with Crippen LogP contribution < -0.4 is 0 Å². The van der Waals surface area contributed by atoms with Crippen molar-refractivity contribution in [2.24, 2.45) is 22.7 Å². The van der Waals surface area contributed by atoms with Crippen molar-refractivity contribution in [2.45, 2.75) is 6.42 Å². The molecule has 0 radical (unpaired) electrons. The SMILES string of the molecule is C=C1C(=C)[C@]2(C(=O)OC)[C@H]3C=C[C@H](C3)[C@]12C(=O)OC. The van der Waals surface area contributed by atoms with Crippen LogP contribution in [0.25, 0.3) is 0 Å². The zero-order valence-corrected chi connectivity index (χ0v) is 11.1. The van der Waals surface area contributed by atoms with Gasteiger partial charge in [0.2, 0.25) is 0 Å². The van der Waals surface area contributed by atoms with Crippen LogP contribution in [0.1, 0.15) is 6.42 Å². The number of carbonyl (C=O) groups excluding carboxylic acids is 2. The second kappa shape index (κ2) is 3.38. The van der Waals surface area contributed by atoms with Gasteiger partial charge in [0.1, 0.15) is 10.8 Å². The van der Waals surface area contributed by atoms with E-state index in [1.165, 1.54) is 14.2 Å². The van der Waals surface area contributed by atoms with Gasteiger partial charge in [-0.15, -0.1) is 0 Å². The summed E-state index contributed by atoms with van der Waals surface area (Å²) in [6, 6.07) is 0. The van der Waals surface area contributed by atoms with Crippen molar-refractivity contribution >= 4 is 11.9 Å². The van der Waals surface area contributed by atoms with Crippen LogP contribution in [0.15, 0.2) is 36.5 Å². The van der Waals surface area contributed by atoms with E-state index in [4.69, 9.17) is 9.47 Å². The summed E-state index contributed by atoms with van der Waals surface area (Å²) < 4.78 is 9.93. The third-order valence-corrected chi connectivity index (χ3v) is 5.15. The Balaban J connectivity index is 2.27. The Kier molecular flexibility index (Phi) is 2.17. The molecule has 19 heavy (non-hydrogen) atoms. The van der Waals surface area contributed by atoms with E-state index in [-0.39, 0.29) is 11.8 Å². The molecule has 3 aliphatic carbocycles. The number of carbonyl (C=O) groups is 2. The predicted octanol–water partition coefficient (Wildman–Crippen LogP) is 1.64. The van der Waals surface area contributed by atoms with Gasteiger partial charge >= 0.3 is 11.9 Å². The van der Waals surface area contributed by atoms with Crippen LogP contribution >= 0.6 is 0 Å². The van der Waals surface area contributed by atoms with Crippen molar-refractivity contribution in [3.8, 4) is 0 Å². The molecule has 2 bridgehead atoms. The molecule has 0 unspecified atom stereocenters. The highest BCUT2D eigenvalue weighted by molar-refractivity contribution is 6.02. The Morgan fingerprint density at radius 1 is 1.05 bits per heavy atom. The van der Waals surface area contributed by atoms with Crippen LogP contribution in [0, 0.1) is 22.7 Å². The van der Waals surface area contributed by atoms with Crippen LogP contribution in [0.3, 0.4) is 0 Å². The molecule has 0 spiro atoms. The standard InChI is InChI=1S/C15H16O4/c1-8-9(2)15(13(17)19-4)11-6-5-10(7-11)14(8,15)12(16)18-3/h5-6,10-11H,1-2,7H2,3-4H3/t10-,11+,14+,15-. The van der Waals surface area contributed by atoms with E-state index in [0.717, 1.165) is 6.42 Å². The minimum Gasteiger partial charge on any atom is -0.468 e. The average molecular weight is 260 g/mol. The van der Waals surface area contributed by atoms with Gasteiger partial charge in [0.15, 0.2) is 0 Å². The number of fused-ring (bicyclic) bond motifs is 5. The molecule has 4 nitrogen and oxygen atoms in total. The Labute approximate surface area is 111 Å². The molecule has 0 amide bonds. The van der Waals surface area contributed by atoms with E-state index < -0.39 is 22.8 Å². The van der Waals surface area contributed by atoms with Gasteiger partial charge in [-0.1, -0.05) is 25.3 Å². The Morgan fingerprint density at radius 3 is 1.74 bits per heavy atom. The van der Waals surface area contributed by atoms with Crippen LogP contribution in [0.2, 0.25) is 0 Å². The minimum absolute atomic E-state index is 0.0537. The summed E-state index contributed by atoms with van der Waals surface area (Å²) in [4.78, 5) is 24.8. The average Bonchev–Trinajstić information content (AvgIpc) is 3.00. The number of ether oxygens (including phenoxy) is 2. The molecule has 4 atom stereocenters. The van der Waals surface area contributed by atoms with Gasteiger partial charge in [-0.25, -0.2) is 0 Å². The zero-order chi connectivity index (χ0) is 14.0. The van der Waals surface area contributed by atoms with Gasteiger partial charge in [0.25, 0.3) is 0 Å². The first kappa shape index (κ1) is 12.2. The highest BCUT2D eigenvalue weighted by atomic mass is 16.5. The topological polar surface area (TPSA) is 52.6 Å². The molecule has 2 saturated carbocycles. The fourth-order valence-corrected chi connectivity index (χ4v) is 4.46. The normalized spacial score (nSPS) is 41.8. The van der Waals surface area contributed by atoms with Gasteiger partial charge in [-0.3, -0.25) is 9.59 Å². The molecule has 3 aliphatic rings. The molecule has 0 N–H and O–H groups in total. The van der Waals surface area contributed by atoms with Crippen molar-refractivity contribution in [2.75, 3.05) is 14.2 Å². The molecule has 2 fully saturated rings. The first-order chi connectivity index (χ1) is 8.99. The lowest BCUT2D eigenvalue weighted by molar-refractivity contribution is -0.178. The van der Waals surface area contributed by atoms with Crippen molar-refractivity contribution < 1.29 is 19.1 Å². The van der Waals surface area contributed by atoms with Crippen LogP contribution in [-0.4, -0.2) is 26.2 Å². The van der Waals surface area contributed by atoms with Crippen molar-refractivity contribution in [1.82, 2.24) is 0 Å². The maximum atomic E-state index is 12.4. The summed E-state index contributed by atoms with van der Waals surface area (Å²) >= 11 is 0. The third-order valence-electron chi connectivity index (χ3n) is 5.15. The molecule has 0 aliphatic heterocycles. The minimum atomic E-state index is -1.01. The Hall–Kier alpha value is -1.84. The summed E-state index contributed by atoms with van der Waals surface area (Å²) in [5.41, 5.74) is -0.792. The number of hydrogen-bond acceptors (Lipinski definition) is 4. The van der Waals surface area contributed by atoms with Crippen LogP contribution in [0.4, 0.5) is 0 Å². The van der Waals surface area contributed by atoms with Crippen molar-refractivity contribution in [1.29, 1.82) is 0 Å². The summed E-state index contributed by atoms with van der Waals surface area (Å²) in [5, 5.41) is 0. The lowest BCUT2D eigenvalue weighted by atomic mass is 9.40. The van der Waals surface area contributed by atoms with E-state index in [1.54, 1.807) is 0 Å². The molecular formula is C15H16O4. The molecule has 0 aromatic carbocycles. The van der Waals surface area contributed by atoms with Gasteiger partial charge in [-0.05, 0) is 29.4 Å². The highest BCUT2D eigenvalue weighted by Crippen LogP contribution is 2.78. The van der Waals surface area contributed by atoms with E-state index >= 15 is 0 Å².